The van der Waals surface area contributed by atoms with Gasteiger partial charge in [-0.1, -0.05) is 28.1 Å². The van der Waals surface area contributed by atoms with Gasteiger partial charge >= 0.3 is 5.97 Å². The summed E-state index contributed by atoms with van der Waals surface area (Å²) in [6.07, 6.45) is 0. The van der Waals surface area contributed by atoms with Gasteiger partial charge in [-0.05, 0) is 36.4 Å². The Balaban J connectivity index is 1.55. The minimum Gasteiger partial charge on any atom is -0.508 e. The second-order valence-corrected chi connectivity index (χ2v) is 6.99. The number of halogens is 1. The van der Waals surface area contributed by atoms with Crippen molar-refractivity contribution >= 4 is 44.3 Å². The van der Waals surface area contributed by atoms with Crippen LogP contribution in [0.4, 0.5) is 5.13 Å². The summed E-state index contributed by atoms with van der Waals surface area (Å²) in [5.74, 6) is -1.08. The van der Waals surface area contributed by atoms with Crippen LogP contribution >= 0.6 is 27.3 Å². The molecule has 6 nitrogen and oxygen atoms in total. The van der Waals surface area contributed by atoms with Gasteiger partial charge in [-0.3, -0.25) is 10.1 Å². The van der Waals surface area contributed by atoms with Crippen molar-refractivity contribution in [3.05, 3.63) is 63.9 Å². The SMILES string of the molecule is O=C(COC(=O)c1ccc(O)cc1)Nc1nc(-c2cccc(Br)c2)cs1. The number of aromatic nitrogens is 1. The zero-order chi connectivity index (χ0) is 18.5. The van der Waals surface area contributed by atoms with Crippen molar-refractivity contribution in [3.63, 3.8) is 0 Å². The second kappa shape index (κ2) is 8.11. The molecule has 0 unspecified atom stereocenters. The fraction of sp³-hybridized carbons (Fsp3) is 0.0556. The van der Waals surface area contributed by atoms with Crippen molar-refractivity contribution in [1.82, 2.24) is 4.98 Å². The van der Waals surface area contributed by atoms with Gasteiger partial charge < -0.3 is 9.84 Å². The summed E-state index contributed by atoms with van der Waals surface area (Å²) in [5, 5.41) is 14.1. The molecule has 0 aliphatic heterocycles. The Kier molecular flexibility index (Phi) is 5.65. The summed E-state index contributed by atoms with van der Waals surface area (Å²) in [7, 11) is 0. The van der Waals surface area contributed by atoms with Crippen LogP contribution < -0.4 is 5.32 Å². The molecule has 0 fully saturated rings. The van der Waals surface area contributed by atoms with Crippen LogP contribution in [0.15, 0.2) is 58.4 Å². The number of hydrogen-bond donors (Lipinski definition) is 2. The zero-order valence-corrected chi connectivity index (χ0v) is 15.7. The maximum atomic E-state index is 11.9. The van der Waals surface area contributed by atoms with Crippen LogP contribution in [0.3, 0.4) is 0 Å². The summed E-state index contributed by atoms with van der Waals surface area (Å²) >= 11 is 4.69. The number of nitrogens with zero attached hydrogens (tertiary/aromatic N) is 1. The van der Waals surface area contributed by atoms with Gasteiger partial charge in [-0.15, -0.1) is 11.3 Å². The molecule has 1 aromatic heterocycles. The molecule has 0 aliphatic carbocycles. The van der Waals surface area contributed by atoms with Crippen LogP contribution in [-0.2, 0) is 9.53 Å². The van der Waals surface area contributed by atoms with E-state index in [0.717, 1.165) is 15.7 Å². The smallest absolute Gasteiger partial charge is 0.338 e. The normalized spacial score (nSPS) is 10.3. The van der Waals surface area contributed by atoms with Crippen molar-refractivity contribution in [2.24, 2.45) is 0 Å². The van der Waals surface area contributed by atoms with E-state index in [2.05, 4.69) is 26.2 Å². The van der Waals surface area contributed by atoms with E-state index in [1.165, 1.54) is 35.6 Å². The zero-order valence-electron chi connectivity index (χ0n) is 13.3. The minimum atomic E-state index is -0.644. The predicted molar refractivity (Wildman–Crippen MR) is 102 cm³/mol. The highest BCUT2D eigenvalue weighted by molar-refractivity contribution is 9.10. The van der Waals surface area contributed by atoms with Gasteiger partial charge in [0.15, 0.2) is 11.7 Å². The molecule has 0 saturated carbocycles. The van der Waals surface area contributed by atoms with Gasteiger partial charge in [0.25, 0.3) is 5.91 Å². The summed E-state index contributed by atoms with van der Waals surface area (Å²) in [6, 6.07) is 13.2. The van der Waals surface area contributed by atoms with Crippen molar-refractivity contribution in [2.75, 3.05) is 11.9 Å². The molecule has 2 aromatic carbocycles. The van der Waals surface area contributed by atoms with E-state index in [9.17, 15) is 14.7 Å². The van der Waals surface area contributed by atoms with Crippen molar-refractivity contribution in [1.29, 1.82) is 0 Å². The number of aromatic hydroxyl groups is 1. The molecule has 0 aliphatic rings. The number of rotatable bonds is 5. The first-order chi connectivity index (χ1) is 12.5. The first kappa shape index (κ1) is 18.1. The minimum absolute atomic E-state index is 0.0457. The average Bonchev–Trinajstić information content (AvgIpc) is 3.09. The summed E-state index contributed by atoms with van der Waals surface area (Å²) in [4.78, 5) is 28.1. The topological polar surface area (TPSA) is 88.5 Å². The maximum Gasteiger partial charge on any atom is 0.338 e. The third-order valence-electron chi connectivity index (χ3n) is 3.31. The number of benzene rings is 2. The van der Waals surface area contributed by atoms with Crippen LogP contribution in [0.1, 0.15) is 10.4 Å². The molecule has 3 rings (SSSR count). The molecule has 26 heavy (non-hydrogen) atoms. The number of phenols is 1. The Morgan fingerprint density at radius 2 is 1.96 bits per heavy atom. The van der Waals surface area contributed by atoms with Crippen LogP contribution in [-0.4, -0.2) is 28.6 Å². The highest BCUT2D eigenvalue weighted by Gasteiger charge is 2.12. The number of amides is 1. The van der Waals surface area contributed by atoms with Gasteiger partial charge in [0.2, 0.25) is 0 Å². The second-order valence-electron chi connectivity index (χ2n) is 5.22. The molecule has 0 atom stereocenters. The van der Waals surface area contributed by atoms with Gasteiger partial charge in [0, 0.05) is 15.4 Å². The number of hydrogen-bond acceptors (Lipinski definition) is 6. The Morgan fingerprint density at radius 1 is 1.19 bits per heavy atom. The van der Waals surface area contributed by atoms with Crippen LogP contribution in [0.5, 0.6) is 5.75 Å². The summed E-state index contributed by atoms with van der Waals surface area (Å²) in [5.41, 5.74) is 1.92. The van der Waals surface area contributed by atoms with Gasteiger partial charge in [-0.2, -0.15) is 0 Å². The van der Waals surface area contributed by atoms with Crippen molar-refractivity contribution in [2.45, 2.75) is 0 Å². The van der Waals surface area contributed by atoms with E-state index in [4.69, 9.17) is 4.74 Å². The number of carbonyl (C=O) groups is 2. The predicted octanol–water partition coefficient (Wildman–Crippen LogP) is 4.07. The Hall–Kier alpha value is -2.71. The van der Waals surface area contributed by atoms with Gasteiger partial charge in [-0.25, -0.2) is 9.78 Å². The number of ether oxygens (including phenoxy) is 1. The van der Waals surface area contributed by atoms with Gasteiger partial charge in [0.1, 0.15) is 5.75 Å². The molecule has 0 spiro atoms. The number of phenolic OH excluding ortho intramolecular Hbond substituents is 1. The Morgan fingerprint density at radius 3 is 2.69 bits per heavy atom. The molecule has 0 radical (unpaired) electrons. The summed E-state index contributed by atoms with van der Waals surface area (Å²) < 4.78 is 5.89. The third-order valence-corrected chi connectivity index (χ3v) is 4.56. The number of carbonyl (C=O) groups excluding carboxylic acids is 2. The molecule has 3 aromatic rings. The summed E-state index contributed by atoms with van der Waals surface area (Å²) in [6.45, 7) is -0.425. The van der Waals surface area contributed by atoms with Crippen molar-refractivity contribution in [3.8, 4) is 17.0 Å². The highest BCUT2D eigenvalue weighted by Crippen LogP contribution is 2.26. The number of thiazole rings is 1. The molecule has 0 saturated heterocycles. The standard InChI is InChI=1S/C18H13BrN2O4S/c19-13-3-1-2-12(8-13)15-10-26-18(20-15)21-16(23)9-25-17(24)11-4-6-14(22)7-5-11/h1-8,10,22H,9H2,(H,20,21,23). The lowest BCUT2D eigenvalue weighted by Crippen LogP contribution is -2.20. The number of nitrogens with one attached hydrogen (secondary N) is 1. The van der Waals surface area contributed by atoms with E-state index in [0.29, 0.717) is 5.13 Å². The lowest BCUT2D eigenvalue weighted by atomic mass is 10.2. The fourth-order valence-corrected chi connectivity index (χ4v) is 3.21. The van der Waals surface area contributed by atoms with E-state index in [1.54, 1.807) is 0 Å². The van der Waals surface area contributed by atoms with Crippen molar-refractivity contribution < 1.29 is 19.4 Å². The van der Waals surface area contributed by atoms with E-state index < -0.39 is 18.5 Å². The molecule has 2 N–H and O–H groups in total. The van der Waals surface area contributed by atoms with E-state index in [-0.39, 0.29) is 11.3 Å². The molecule has 1 heterocycles. The first-order valence-electron chi connectivity index (χ1n) is 7.49. The quantitative estimate of drug-likeness (QED) is 0.593. The van der Waals surface area contributed by atoms with Crippen LogP contribution in [0.25, 0.3) is 11.3 Å². The molecule has 1 amide bonds. The number of anilines is 1. The van der Waals surface area contributed by atoms with E-state index >= 15 is 0 Å². The Labute approximate surface area is 161 Å². The lowest BCUT2D eigenvalue weighted by molar-refractivity contribution is -0.119. The molecule has 0 bridgehead atoms. The van der Waals surface area contributed by atoms with Crippen LogP contribution in [0, 0.1) is 0 Å². The average molecular weight is 433 g/mol. The number of esters is 1. The monoisotopic (exact) mass is 432 g/mol. The highest BCUT2D eigenvalue weighted by atomic mass is 79.9. The first-order valence-corrected chi connectivity index (χ1v) is 9.16. The van der Waals surface area contributed by atoms with Crippen LogP contribution in [0.2, 0.25) is 0 Å². The lowest BCUT2D eigenvalue weighted by Gasteiger charge is -2.05. The molecule has 132 valence electrons. The van der Waals surface area contributed by atoms with Gasteiger partial charge in [0.05, 0.1) is 11.3 Å². The largest absolute Gasteiger partial charge is 0.508 e. The third kappa shape index (κ3) is 4.68. The molecule has 8 heteroatoms. The molecular weight excluding hydrogens is 420 g/mol. The maximum absolute atomic E-state index is 11.9. The Bertz CT molecular complexity index is 940. The molecular formula is C18H13BrN2O4S. The van der Waals surface area contributed by atoms with E-state index in [1.807, 2.05) is 29.6 Å². The fourth-order valence-electron chi connectivity index (χ4n) is 2.08.